The van der Waals surface area contributed by atoms with Gasteiger partial charge in [-0.3, -0.25) is 0 Å². The van der Waals surface area contributed by atoms with Gasteiger partial charge in [-0.05, 0) is 246 Å². The maximum atomic E-state index is 4.93. The number of allylic oxidation sites excluding steroid dienone is 4. The summed E-state index contributed by atoms with van der Waals surface area (Å²) in [6.45, 7) is 50.5. The molecule has 548 valence electrons. The van der Waals surface area contributed by atoms with E-state index in [-0.39, 0.29) is 46.0 Å². The van der Waals surface area contributed by atoms with Gasteiger partial charge < -0.3 is 29.7 Å². The molecule has 2 heterocycles. The van der Waals surface area contributed by atoms with Crippen LogP contribution in [0.5, 0.6) is 0 Å². The Hall–Kier alpha value is 0.420. The predicted molar refractivity (Wildman–Crippen MR) is 448 cm³/mol. The standard InChI is InChI=1S/C45H66SSi.C40H58SSi.4CH3.4ClH.2Zr/c1-28-26-38-35(31-18-22-33(23-19-31)44(3,4)5)16-13-17-36(38)42(28)47(9,10)43-37(30-14-11-12-15-30)27-39-40(29(2)46-41(39)43)32-20-24-34(25-21-32)45(6,7)8;1-24(2)33-23-35-36(30-15-12-11-14-25(30)3)27(5)41-37(35)39(33)42(9,10)38-26(4)22-34-31(16-13-17-32(34)38)28-18-20-29(21-19-28)40(6,7)8;;;;;;;;;;/h18-25,28,30,35-39,41-43H,11-17,26-27H2,1-10H3;11-12,14-15,18-21,24,26,31-35,37-39H,13,16-17,22-23H2,1-10H3;4*1H3;4*1H;;/q;;4*-1;;;;;2*+4/p-4. The summed E-state index contributed by atoms with van der Waals surface area (Å²) >= 11 is 3.01. The van der Waals surface area contributed by atoms with E-state index in [0.29, 0.717) is 0 Å². The van der Waals surface area contributed by atoms with Gasteiger partial charge in [-0.2, -0.15) is 0 Å². The van der Waals surface area contributed by atoms with E-state index in [1.807, 2.05) is 0 Å². The summed E-state index contributed by atoms with van der Waals surface area (Å²) < 4.78 is 0. The monoisotopic (exact) mass is 1640 g/mol. The van der Waals surface area contributed by atoms with Gasteiger partial charge in [0.1, 0.15) is 0 Å². The van der Waals surface area contributed by atoms with E-state index in [4.69, 9.17) is 34.1 Å². The number of rotatable bonds is 10. The average molecular weight is 1650 g/mol. The Balaban J connectivity index is 0.000000280. The SMILES string of the molecule is CC1=C(c2ccc(C(C)(C)C)cc2)C2CC(C3CCCC3)C([Si](C)(C)C3C(C)CC4C(c5ccc(C(C)(C)C)cc5)CCCC43)C2S1.CC1=C(c2ccccc2C)C2CC(C(C)C)C([Si](C)(C)C3C(C)CC4C(c5ccc(C(C)(C)C)cc5)CCCC43)C2S1.[CH3-].[CH3-].[CH3-].[CH3-].[Cl][Zr+2][Cl].[Cl][Zr+2][Cl]. The van der Waals surface area contributed by atoms with Gasteiger partial charge >= 0.3 is 75.7 Å². The van der Waals surface area contributed by atoms with E-state index < -0.39 is 57.8 Å². The van der Waals surface area contributed by atoms with Gasteiger partial charge in [0.15, 0.2) is 0 Å². The molecule has 0 aromatic heterocycles. The summed E-state index contributed by atoms with van der Waals surface area (Å²) in [5.41, 5.74) is 20.2. The van der Waals surface area contributed by atoms with Crippen molar-refractivity contribution in [2.45, 2.75) is 288 Å². The molecule has 99 heavy (non-hydrogen) atoms. The second-order valence-electron chi connectivity index (χ2n) is 36.8. The van der Waals surface area contributed by atoms with Crippen LogP contribution in [-0.2, 0) is 57.9 Å². The van der Waals surface area contributed by atoms with Crippen LogP contribution in [0.15, 0.2) is 107 Å². The first-order valence-corrected chi connectivity index (χ1v) is 58.6. The fraction of sp³-hybridized carbons (Fsp3) is 0.640. The van der Waals surface area contributed by atoms with Crippen molar-refractivity contribution in [3.8, 4) is 0 Å². The van der Waals surface area contributed by atoms with Crippen LogP contribution < -0.4 is 0 Å². The maximum absolute atomic E-state index is 4.93. The fourth-order valence-corrected chi connectivity index (χ4v) is 41.9. The molecule has 0 spiro atoms. The van der Waals surface area contributed by atoms with E-state index in [0.717, 1.165) is 116 Å². The first-order valence-electron chi connectivity index (χ1n) is 37.8. The second-order valence-corrected chi connectivity index (χ2v) is 57.0. The predicted octanol–water partition coefficient (Wildman–Crippen LogP) is 30.3. The molecule has 0 bridgehead atoms. The summed E-state index contributed by atoms with van der Waals surface area (Å²) in [6.07, 6.45) is 20.5. The number of hydrogen-bond donors (Lipinski definition) is 0. The van der Waals surface area contributed by atoms with Crippen molar-refractivity contribution >= 4 is 84.9 Å². The van der Waals surface area contributed by atoms with Crippen LogP contribution in [0.2, 0.25) is 48.4 Å². The Morgan fingerprint density at radius 1 is 0.424 bits per heavy atom. The van der Waals surface area contributed by atoms with Gasteiger partial charge in [-0.15, -0.1) is 23.5 Å². The molecule has 7 saturated carbocycles. The quantitative estimate of drug-likeness (QED) is 0.115. The summed E-state index contributed by atoms with van der Waals surface area (Å²) in [6, 6.07) is 39.0. The van der Waals surface area contributed by atoms with Crippen LogP contribution in [0.25, 0.3) is 11.1 Å². The zero-order valence-corrected chi connectivity index (χ0v) is 78.1. The van der Waals surface area contributed by atoms with Crippen LogP contribution in [-0.4, -0.2) is 26.6 Å². The van der Waals surface area contributed by atoms with E-state index >= 15 is 0 Å². The summed E-state index contributed by atoms with van der Waals surface area (Å²) in [7, 11) is 16.5. The number of aryl methyl sites for hydroxylation is 1. The molecule has 0 N–H and O–H groups in total. The topological polar surface area (TPSA) is 0 Å². The molecule has 18 unspecified atom stereocenters. The molecular formula is C89H136Cl4S2Si2Zr2. The Morgan fingerprint density at radius 2 is 0.808 bits per heavy atom. The second kappa shape index (κ2) is 36.3. The Morgan fingerprint density at radius 3 is 1.22 bits per heavy atom. The van der Waals surface area contributed by atoms with Gasteiger partial charge in [0, 0.05) is 10.5 Å². The summed E-state index contributed by atoms with van der Waals surface area (Å²) in [4.78, 5) is 3.28. The molecule has 0 nitrogen and oxygen atoms in total. The molecule has 4 aromatic carbocycles. The van der Waals surface area contributed by atoms with E-state index in [1.165, 1.54) is 118 Å². The van der Waals surface area contributed by atoms with Crippen molar-refractivity contribution in [2.75, 3.05) is 0 Å². The number of halogens is 4. The van der Waals surface area contributed by atoms with Crippen molar-refractivity contribution in [1.82, 2.24) is 0 Å². The van der Waals surface area contributed by atoms with Crippen molar-refractivity contribution in [2.24, 2.45) is 71.0 Å². The molecule has 0 radical (unpaired) electrons. The van der Waals surface area contributed by atoms with Crippen LogP contribution in [0, 0.1) is 108 Å². The van der Waals surface area contributed by atoms with Crippen molar-refractivity contribution < 1.29 is 41.7 Å². The van der Waals surface area contributed by atoms with E-state index in [1.54, 1.807) is 37.6 Å². The van der Waals surface area contributed by atoms with Crippen molar-refractivity contribution in [1.29, 1.82) is 0 Å². The summed E-state index contributed by atoms with van der Waals surface area (Å²) in [5, 5.41) is 1.61. The van der Waals surface area contributed by atoms with Gasteiger partial charge in [0.05, 0.1) is 16.1 Å². The first kappa shape index (κ1) is 88.3. The Labute approximate surface area is 659 Å². The van der Waals surface area contributed by atoms with E-state index in [9.17, 15) is 0 Å². The molecule has 9 aliphatic rings. The molecule has 18 atom stereocenters. The fourth-order valence-electron chi connectivity index (χ4n) is 23.9. The number of hydrogen-bond acceptors (Lipinski definition) is 2. The molecule has 7 fully saturated rings. The van der Waals surface area contributed by atoms with Gasteiger partial charge in [0.2, 0.25) is 0 Å². The van der Waals surface area contributed by atoms with Crippen LogP contribution in [0.3, 0.4) is 0 Å². The third-order valence-electron chi connectivity index (χ3n) is 27.5. The summed E-state index contributed by atoms with van der Waals surface area (Å²) in [5.74, 6) is 12.1. The number of fused-ring (bicyclic) bond motifs is 4. The molecule has 13 rings (SSSR count). The molecular weight excluding hydrogens is 1510 g/mol. The van der Waals surface area contributed by atoms with Gasteiger partial charge in [-0.1, -0.05) is 265 Å². The molecule has 2 aliphatic heterocycles. The molecule has 10 heteroatoms. The molecule has 4 aromatic rings. The van der Waals surface area contributed by atoms with E-state index in [2.05, 4.69) is 258 Å². The van der Waals surface area contributed by atoms with Crippen molar-refractivity contribution in [3.63, 3.8) is 0 Å². The van der Waals surface area contributed by atoms with Crippen molar-refractivity contribution in [3.05, 3.63) is 181 Å². The Kier molecular flexibility index (Phi) is 32.4. The van der Waals surface area contributed by atoms with Crippen LogP contribution in [0.4, 0.5) is 0 Å². The first-order chi connectivity index (χ1) is 44.8. The third-order valence-corrected chi connectivity index (χ3v) is 41.3. The van der Waals surface area contributed by atoms with Crippen LogP contribution >= 0.6 is 57.6 Å². The molecule has 7 aliphatic carbocycles. The number of thioether (sulfide) groups is 2. The zero-order chi connectivity index (χ0) is 69.0. The minimum absolute atomic E-state index is 0. The third kappa shape index (κ3) is 18.5. The molecule has 0 amide bonds. The van der Waals surface area contributed by atoms with Gasteiger partial charge in [0.25, 0.3) is 0 Å². The number of benzene rings is 4. The molecule has 0 saturated heterocycles. The Bertz CT molecular complexity index is 3260. The van der Waals surface area contributed by atoms with Gasteiger partial charge in [-0.25, -0.2) is 0 Å². The normalized spacial score (nSPS) is 31.8. The average Bonchev–Trinajstić information content (AvgIpc) is 1.57. The minimum atomic E-state index is -1.63. The zero-order valence-electron chi connectivity index (χ0n) is 66.5. The van der Waals surface area contributed by atoms with Crippen LogP contribution in [0.1, 0.15) is 250 Å².